The molecule has 1 rings (SSSR count). The molecule has 0 spiro atoms. The quantitative estimate of drug-likeness (QED) is 0.632. The number of hydrogen-bond acceptors (Lipinski definition) is 3. The van der Waals surface area contributed by atoms with Crippen LogP contribution in [-0.2, 0) is 4.74 Å². The normalized spacial score (nSPS) is 11.4. The van der Waals surface area contributed by atoms with Gasteiger partial charge in [0.25, 0.3) is 0 Å². The summed E-state index contributed by atoms with van der Waals surface area (Å²) in [6.45, 7) is 2.29. The maximum absolute atomic E-state index is 11.6. The van der Waals surface area contributed by atoms with Crippen LogP contribution in [0.3, 0.4) is 0 Å². The minimum absolute atomic E-state index is 0.157. The van der Waals surface area contributed by atoms with Gasteiger partial charge in [0.2, 0.25) is 0 Å². The first kappa shape index (κ1) is 12.0. The van der Waals surface area contributed by atoms with Crippen LogP contribution in [0, 0.1) is 0 Å². The molecule has 4 heteroatoms. The van der Waals surface area contributed by atoms with E-state index in [-0.39, 0.29) is 5.97 Å². The molecule has 0 aliphatic heterocycles. The van der Waals surface area contributed by atoms with Crippen LogP contribution >= 0.6 is 11.3 Å². The molecule has 0 amide bonds. The van der Waals surface area contributed by atoms with Crippen molar-refractivity contribution in [1.82, 2.24) is 0 Å². The molecule has 78 valence electrons. The van der Waals surface area contributed by atoms with Gasteiger partial charge in [0.15, 0.2) is 0 Å². The first-order valence-corrected chi connectivity index (χ1v) is 15.6. The van der Waals surface area contributed by atoms with Crippen LogP contribution in [0.2, 0.25) is 14.8 Å². The molecule has 0 saturated heterocycles. The Balaban J connectivity index is 2.99. The summed E-state index contributed by atoms with van der Waals surface area (Å²) in [7, 11) is 0. The molecule has 1 aromatic heterocycles. The number of esters is 1. The van der Waals surface area contributed by atoms with Crippen molar-refractivity contribution in [2.24, 2.45) is 0 Å². The van der Waals surface area contributed by atoms with Gasteiger partial charge in [-0.1, -0.05) is 0 Å². The Morgan fingerprint density at radius 3 is 2.64 bits per heavy atom. The molecule has 0 radical (unpaired) electrons. The van der Waals surface area contributed by atoms with Crippen LogP contribution in [0.25, 0.3) is 0 Å². The molecular formula is C10H16O2SSn. The number of hydrogen-bond donors (Lipinski definition) is 0. The molecule has 0 atom stereocenters. The van der Waals surface area contributed by atoms with E-state index in [0.29, 0.717) is 6.61 Å². The van der Waals surface area contributed by atoms with Crippen LogP contribution in [-0.4, -0.2) is 31.0 Å². The van der Waals surface area contributed by atoms with Gasteiger partial charge in [-0.3, -0.25) is 0 Å². The molecule has 14 heavy (non-hydrogen) atoms. The fourth-order valence-electron chi connectivity index (χ4n) is 1.26. The fourth-order valence-corrected chi connectivity index (χ4v) is 8.68. The summed E-state index contributed by atoms with van der Waals surface area (Å²) in [6.07, 6.45) is 0. The Kier molecular flexibility index (Phi) is 4.01. The second-order valence-electron chi connectivity index (χ2n) is 4.13. The van der Waals surface area contributed by atoms with Crippen molar-refractivity contribution >= 4 is 38.6 Å². The summed E-state index contributed by atoms with van der Waals surface area (Å²) in [5, 5.41) is 1.99. The molecular weight excluding hydrogens is 303 g/mol. The standard InChI is InChI=1S/C7H7O2S.3CH3.Sn/c1-2-9-7(8)6-3-4-10-5-6;;;;/h3-4H,2H2,1H3;3*1H3;. The van der Waals surface area contributed by atoms with Crippen molar-refractivity contribution in [2.75, 3.05) is 6.61 Å². The van der Waals surface area contributed by atoms with E-state index in [1.165, 1.54) is 2.89 Å². The van der Waals surface area contributed by atoms with E-state index in [2.05, 4.69) is 14.8 Å². The van der Waals surface area contributed by atoms with E-state index in [1.807, 2.05) is 18.4 Å². The molecule has 0 unspecified atom stereocenters. The first-order valence-electron chi connectivity index (χ1n) is 4.72. The minimum atomic E-state index is -2.12. The summed E-state index contributed by atoms with van der Waals surface area (Å²) < 4.78 is 6.33. The third-order valence-electron chi connectivity index (χ3n) is 1.84. The van der Waals surface area contributed by atoms with Crippen molar-refractivity contribution in [2.45, 2.75) is 21.7 Å². The average Bonchev–Trinajstić information content (AvgIpc) is 2.50. The van der Waals surface area contributed by atoms with Gasteiger partial charge < -0.3 is 0 Å². The Bertz CT molecular complexity index is 325. The van der Waals surface area contributed by atoms with Crippen LogP contribution in [0.15, 0.2) is 11.4 Å². The van der Waals surface area contributed by atoms with Gasteiger partial charge in [-0.25, -0.2) is 0 Å². The molecule has 0 N–H and O–H groups in total. The fraction of sp³-hybridized carbons (Fsp3) is 0.500. The summed E-state index contributed by atoms with van der Waals surface area (Å²) >= 11 is -0.418. The van der Waals surface area contributed by atoms with Gasteiger partial charge >= 0.3 is 93.5 Å². The Morgan fingerprint density at radius 2 is 2.14 bits per heavy atom. The van der Waals surface area contributed by atoms with Crippen molar-refractivity contribution < 1.29 is 9.53 Å². The van der Waals surface area contributed by atoms with Gasteiger partial charge in [-0.2, -0.15) is 0 Å². The van der Waals surface area contributed by atoms with Gasteiger partial charge in [-0.15, -0.1) is 0 Å². The molecule has 0 aliphatic rings. The van der Waals surface area contributed by atoms with Gasteiger partial charge in [0.05, 0.1) is 0 Å². The third-order valence-corrected chi connectivity index (χ3v) is 12.3. The first-order chi connectivity index (χ1) is 6.46. The SMILES string of the molecule is CCOC(=O)c1ccs[c]1[Sn]([CH3])([CH3])[CH3]. The molecule has 1 aromatic rings. The van der Waals surface area contributed by atoms with Crippen LogP contribution in [0.1, 0.15) is 17.3 Å². The van der Waals surface area contributed by atoms with E-state index < -0.39 is 18.4 Å². The van der Waals surface area contributed by atoms with E-state index in [0.717, 1.165) is 5.56 Å². The van der Waals surface area contributed by atoms with Crippen LogP contribution < -0.4 is 2.89 Å². The predicted molar refractivity (Wildman–Crippen MR) is 63.3 cm³/mol. The van der Waals surface area contributed by atoms with E-state index in [1.54, 1.807) is 11.3 Å². The zero-order valence-electron chi connectivity index (χ0n) is 9.09. The molecule has 1 heterocycles. The maximum atomic E-state index is 11.6. The van der Waals surface area contributed by atoms with E-state index >= 15 is 0 Å². The predicted octanol–water partition coefficient (Wildman–Crippen LogP) is 2.47. The third kappa shape index (κ3) is 2.73. The summed E-state index contributed by atoms with van der Waals surface area (Å²) in [5.41, 5.74) is 0.806. The second-order valence-corrected chi connectivity index (χ2v) is 20.4. The molecule has 0 aromatic carbocycles. The summed E-state index contributed by atoms with van der Waals surface area (Å²) in [6, 6.07) is 1.89. The second kappa shape index (κ2) is 4.66. The zero-order chi connectivity index (χ0) is 10.8. The molecule has 0 saturated carbocycles. The molecule has 0 fully saturated rings. The van der Waals surface area contributed by atoms with Crippen molar-refractivity contribution in [3.05, 3.63) is 17.0 Å². The van der Waals surface area contributed by atoms with Gasteiger partial charge in [0.1, 0.15) is 0 Å². The Hall–Kier alpha value is -0.0313. The summed E-state index contributed by atoms with van der Waals surface area (Å²) in [5.74, 6) is -0.157. The number of carbonyl (C=O) groups is 1. The van der Waals surface area contributed by atoms with Crippen molar-refractivity contribution in [3.8, 4) is 0 Å². The van der Waals surface area contributed by atoms with Crippen LogP contribution in [0.4, 0.5) is 0 Å². The number of rotatable bonds is 3. The van der Waals surface area contributed by atoms with Crippen LogP contribution in [0.5, 0.6) is 0 Å². The average molecular weight is 319 g/mol. The number of thiophene rings is 1. The Labute approximate surface area is 93.2 Å². The number of carbonyl (C=O) groups excluding carboxylic acids is 1. The van der Waals surface area contributed by atoms with E-state index in [9.17, 15) is 4.79 Å². The summed E-state index contributed by atoms with van der Waals surface area (Å²) in [4.78, 5) is 18.5. The number of ether oxygens (including phenoxy) is 1. The van der Waals surface area contributed by atoms with Gasteiger partial charge in [-0.05, 0) is 0 Å². The molecule has 2 nitrogen and oxygen atoms in total. The Morgan fingerprint density at radius 1 is 1.50 bits per heavy atom. The van der Waals surface area contributed by atoms with Gasteiger partial charge in [0, 0.05) is 0 Å². The molecule has 0 aliphatic carbocycles. The topological polar surface area (TPSA) is 26.3 Å². The zero-order valence-corrected chi connectivity index (χ0v) is 12.8. The van der Waals surface area contributed by atoms with Crippen molar-refractivity contribution in [3.63, 3.8) is 0 Å². The van der Waals surface area contributed by atoms with Crippen molar-refractivity contribution in [1.29, 1.82) is 0 Å². The van der Waals surface area contributed by atoms with E-state index in [4.69, 9.17) is 4.74 Å². The molecule has 0 bridgehead atoms. The monoisotopic (exact) mass is 320 g/mol.